The molecule has 3 heteroatoms. The van der Waals surface area contributed by atoms with E-state index >= 15 is 0 Å². The molecule has 0 aliphatic rings. The van der Waals surface area contributed by atoms with Gasteiger partial charge in [-0.3, -0.25) is 0 Å². The summed E-state index contributed by atoms with van der Waals surface area (Å²) in [5.41, 5.74) is 7.54. The van der Waals surface area contributed by atoms with Gasteiger partial charge in [-0.1, -0.05) is 109 Å². The van der Waals surface area contributed by atoms with E-state index in [0.29, 0.717) is 0 Å². The Hall–Kier alpha value is -5.38. The summed E-state index contributed by atoms with van der Waals surface area (Å²) in [5.74, 6) is 0. The van der Waals surface area contributed by atoms with Crippen LogP contribution in [0.3, 0.4) is 0 Å². The van der Waals surface area contributed by atoms with Crippen LogP contribution in [0.2, 0.25) is 0 Å². The molecule has 0 saturated heterocycles. The second-order valence-corrected chi connectivity index (χ2v) is 12.0. The van der Waals surface area contributed by atoms with Crippen LogP contribution in [0.1, 0.15) is 0 Å². The van der Waals surface area contributed by atoms with Crippen molar-refractivity contribution < 1.29 is 4.42 Å². The van der Waals surface area contributed by atoms with Gasteiger partial charge in [-0.2, -0.15) is 0 Å². The zero-order valence-corrected chi connectivity index (χ0v) is 24.0. The third kappa shape index (κ3) is 3.72. The smallest absolute Gasteiger partial charge is 0.143 e. The molecule has 0 amide bonds. The van der Waals surface area contributed by atoms with Gasteiger partial charge in [0.1, 0.15) is 11.2 Å². The number of benzene rings is 7. The first-order valence-corrected chi connectivity index (χ1v) is 15.3. The van der Waals surface area contributed by atoms with Crippen LogP contribution >= 0.6 is 11.3 Å². The van der Waals surface area contributed by atoms with E-state index in [0.717, 1.165) is 44.4 Å². The van der Waals surface area contributed by atoms with E-state index in [4.69, 9.17) is 4.42 Å². The van der Waals surface area contributed by atoms with Gasteiger partial charge in [-0.05, 0) is 53.4 Å². The van der Waals surface area contributed by atoms with E-state index in [1.807, 2.05) is 11.3 Å². The Morgan fingerprint density at radius 1 is 0.442 bits per heavy atom. The van der Waals surface area contributed by atoms with Gasteiger partial charge in [-0.25, -0.2) is 0 Å². The van der Waals surface area contributed by atoms with Crippen LogP contribution in [0.5, 0.6) is 0 Å². The van der Waals surface area contributed by atoms with Crippen molar-refractivity contribution in [2.45, 2.75) is 0 Å². The highest BCUT2D eigenvalue weighted by Crippen LogP contribution is 2.50. The van der Waals surface area contributed by atoms with Crippen LogP contribution in [0.15, 0.2) is 156 Å². The minimum atomic E-state index is 0.883. The first-order chi connectivity index (χ1) is 21.3. The second kappa shape index (κ2) is 9.59. The Bertz CT molecular complexity index is 2470. The standard InChI is InChI=1S/C40H25NOS/c1-2-12-26(13-3-1)28-15-6-8-18-32(28)41(34-20-11-23-37-39(34)30-17-7-9-22-36(30)43-37)33-19-10-21-35-38(33)31-25-24-27-14-4-5-16-29(27)40(31)42-35/h1-25H. The fourth-order valence-corrected chi connectivity index (χ4v) is 7.71. The maximum atomic E-state index is 6.66. The second-order valence-electron chi connectivity index (χ2n) is 10.9. The fourth-order valence-electron chi connectivity index (χ4n) is 6.58. The topological polar surface area (TPSA) is 16.4 Å². The maximum absolute atomic E-state index is 6.66. The number of thiophene rings is 1. The summed E-state index contributed by atoms with van der Waals surface area (Å²) in [5, 5.41) is 7.08. The Kier molecular flexibility index (Phi) is 5.40. The van der Waals surface area contributed by atoms with Crippen molar-refractivity contribution in [1.82, 2.24) is 0 Å². The summed E-state index contributed by atoms with van der Waals surface area (Å²) in [6.07, 6.45) is 0. The zero-order valence-electron chi connectivity index (χ0n) is 23.2. The molecule has 0 fully saturated rings. The molecule has 0 N–H and O–H groups in total. The Morgan fingerprint density at radius 3 is 2.02 bits per heavy atom. The monoisotopic (exact) mass is 567 g/mol. The van der Waals surface area contributed by atoms with Crippen LogP contribution in [0.25, 0.3) is 64.0 Å². The van der Waals surface area contributed by atoms with Crippen molar-refractivity contribution in [1.29, 1.82) is 0 Å². The quantitative estimate of drug-likeness (QED) is 0.210. The molecule has 0 aliphatic heterocycles. The van der Waals surface area contributed by atoms with E-state index in [1.165, 1.54) is 36.7 Å². The number of anilines is 3. The predicted octanol–water partition coefficient (Wildman–Crippen LogP) is 12.2. The molecular weight excluding hydrogens is 543 g/mol. The summed E-state index contributed by atoms with van der Waals surface area (Å²) in [7, 11) is 0. The number of para-hydroxylation sites is 1. The number of hydrogen-bond donors (Lipinski definition) is 0. The molecule has 2 heterocycles. The zero-order chi connectivity index (χ0) is 28.3. The molecule has 2 nitrogen and oxygen atoms in total. The van der Waals surface area contributed by atoms with Crippen molar-refractivity contribution in [2.24, 2.45) is 0 Å². The van der Waals surface area contributed by atoms with Crippen LogP contribution in [-0.2, 0) is 0 Å². The average Bonchev–Trinajstić information content (AvgIpc) is 3.65. The third-order valence-electron chi connectivity index (χ3n) is 8.46. The van der Waals surface area contributed by atoms with Crippen molar-refractivity contribution in [2.75, 3.05) is 4.90 Å². The molecule has 202 valence electrons. The van der Waals surface area contributed by atoms with E-state index in [-0.39, 0.29) is 0 Å². The van der Waals surface area contributed by atoms with Gasteiger partial charge in [0.15, 0.2) is 0 Å². The molecule has 9 aromatic rings. The van der Waals surface area contributed by atoms with Crippen LogP contribution in [0.4, 0.5) is 17.1 Å². The van der Waals surface area contributed by atoms with Crippen molar-refractivity contribution in [3.05, 3.63) is 152 Å². The molecule has 9 rings (SSSR count). The molecule has 0 radical (unpaired) electrons. The molecule has 0 aliphatic carbocycles. The van der Waals surface area contributed by atoms with Gasteiger partial charge in [0, 0.05) is 36.5 Å². The normalized spacial score (nSPS) is 11.7. The number of hydrogen-bond acceptors (Lipinski definition) is 3. The maximum Gasteiger partial charge on any atom is 0.143 e. The molecule has 7 aromatic carbocycles. The highest BCUT2D eigenvalue weighted by atomic mass is 32.1. The molecule has 0 saturated carbocycles. The van der Waals surface area contributed by atoms with E-state index < -0.39 is 0 Å². The van der Waals surface area contributed by atoms with Gasteiger partial charge >= 0.3 is 0 Å². The molecule has 0 unspecified atom stereocenters. The van der Waals surface area contributed by atoms with Crippen LogP contribution in [-0.4, -0.2) is 0 Å². The highest BCUT2D eigenvalue weighted by Gasteiger charge is 2.24. The Morgan fingerprint density at radius 2 is 1.12 bits per heavy atom. The summed E-state index contributed by atoms with van der Waals surface area (Å²) in [6, 6.07) is 54.2. The predicted molar refractivity (Wildman–Crippen MR) is 184 cm³/mol. The Balaban J connectivity index is 1.43. The van der Waals surface area contributed by atoms with Gasteiger partial charge < -0.3 is 9.32 Å². The van der Waals surface area contributed by atoms with Gasteiger partial charge in [0.2, 0.25) is 0 Å². The lowest BCUT2D eigenvalue weighted by Gasteiger charge is -2.29. The molecule has 0 spiro atoms. The van der Waals surface area contributed by atoms with Gasteiger partial charge in [0.05, 0.1) is 22.4 Å². The number of nitrogens with zero attached hydrogens (tertiary/aromatic N) is 1. The lowest BCUT2D eigenvalue weighted by molar-refractivity contribution is 0.672. The van der Waals surface area contributed by atoms with Crippen molar-refractivity contribution >= 4 is 81.3 Å². The molecule has 0 bridgehead atoms. The van der Waals surface area contributed by atoms with Crippen molar-refractivity contribution in [3.63, 3.8) is 0 Å². The van der Waals surface area contributed by atoms with Gasteiger partial charge in [-0.15, -0.1) is 11.3 Å². The lowest BCUT2D eigenvalue weighted by Crippen LogP contribution is -2.12. The molecular formula is C40H25NOS. The molecule has 43 heavy (non-hydrogen) atoms. The average molecular weight is 568 g/mol. The summed E-state index contributed by atoms with van der Waals surface area (Å²) < 4.78 is 9.23. The van der Waals surface area contributed by atoms with Crippen LogP contribution in [0, 0.1) is 0 Å². The van der Waals surface area contributed by atoms with E-state index in [9.17, 15) is 0 Å². The number of rotatable bonds is 4. The molecule has 0 atom stereocenters. The summed E-state index contributed by atoms with van der Waals surface area (Å²) in [4.78, 5) is 2.45. The fraction of sp³-hybridized carbons (Fsp3) is 0. The Labute approximate surface area is 252 Å². The number of fused-ring (bicyclic) bond motifs is 8. The van der Waals surface area contributed by atoms with E-state index in [1.54, 1.807) is 0 Å². The largest absolute Gasteiger partial charge is 0.455 e. The van der Waals surface area contributed by atoms with E-state index in [2.05, 4.69) is 157 Å². The molecule has 2 aromatic heterocycles. The SMILES string of the molecule is c1ccc(-c2ccccc2N(c2cccc3oc4c5ccccc5ccc4c23)c2cccc3sc4ccccc4c23)cc1. The minimum absolute atomic E-state index is 0.883. The first-order valence-electron chi connectivity index (χ1n) is 14.5. The summed E-state index contributed by atoms with van der Waals surface area (Å²) >= 11 is 1.85. The minimum Gasteiger partial charge on any atom is -0.455 e. The van der Waals surface area contributed by atoms with Crippen molar-refractivity contribution in [3.8, 4) is 11.1 Å². The van der Waals surface area contributed by atoms with Crippen LogP contribution < -0.4 is 4.90 Å². The first kappa shape index (κ1) is 24.2. The third-order valence-corrected chi connectivity index (χ3v) is 9.59. The number of furan rings is 1. The highest BCUT2D eigenvalue weighted by molar-refractivity contribution is 7.26. The van der Waals surface area contributed by atoms with Gasteiger partial charge in [0.25, 0.3) is 0 Å². The summed E-state index contributed by atoms with van der Waals surface area (Å²) in [6.45, 7) is 0. The lowest BCUT2D eigenvalue weighted by atomic mass is 9.99.